The molecule has 3 aliphatic heterocycles. The molecule has 4 aromatic carbocycles. The molecule has 464 valence electrons. The molecule has 0 aliphatic carbocycles. The topological polar surface area (TPSA) is 247 Å². The Morgan fingerprint density at radius 2 is 1.35 bits per heavy atom. The van der Waals surface area contributed by atoms with Crippen molar-refractivity contribution in [3.63, 3.8) is 0 Å². The zero-order chi connectivity index (χ0) is 62.7. The van der Waals surface area contributed by atoms with Gasteiger partial charge in [-0.2, -0.15) is 0 Å². The monoisotopic (exact) mass is 1200 g/mol. The quantitative estimate of drug-likeness (QED) is 0.0215. The summed E-state index contributed by atoms with van der Waals surface area (Å²) < 4.78 is 45.9. The number of ether oxygens (including phenoxy) is 2. The van der Waals surface area contributed by atoms with Gasteiger partial charge in [-0.3, -0.25) is 33.6 Å². The van der Waals surface area contributed by atoms with Crippen molar-refractivity contribution < 1.29 is 56.2 Å². The van der Waals surface area contributed by atoms with Crippen molar-refractivity contribution >= 4 is 66.2 Å². The second kappa shape index (κ2) is 30.9. The molecule has 22 heteroatoms. The molecule has 8 rings (SSSR count). The van der Waals surface area contributed by atoms with E-state index in [2.05, 4.69) is 55.0 Å². The minimum atomic E-state index is -4.09. The van der Waals surface area contributed by atoms with Gasteiger partial charge < -0.3 is 69.6 Å². The Kier molecular flexibility index (Phi) is 22.8. The number of amides is 7. The van der Waals surface area contributed by atoms with Gasteiger partial charge in [0.15, 0.2) is 18.0 Å². The van der Waals surface area contributed by atoms with Crippen LogP contribution in [-0.2, 0) is 46.4 Å². The maximum atomic E-state index is 15.8. The number of carbonyl (C=O) groups excluding carboxylic acids is 7. The first-order valence-electron chi connectivity index (χ1n) is 30.1. The Morgan fingerprint density at radius 1 is 0.705 bits per heavy atom. The molecule has 4 atom stereocenters. The SMILES string of the molecule is Cc1cc(C)n2c1C=C1C=CC(/C=C/c3ccc(OCC(=O)NCCCC[C@H](NC(=O)CCNC(=O)[C@H](C)NC(=O)[C@H](C)NC(=O)[C@H](Cc4ccccc4)NC(=O)CCN4CCC(Oc5ccccc5Cc5ccccc5)CC4)C(N)=O)cc3)=[N+]1[B-]2(F)F. The van der Waals surface area contributed by atoms with E-state index in [1.54, 1.807) is 67.6 Å². The number of nitrogens with zero attached hydrogens (tertiary/aromatic N) is 3. The fourth-order valence-electron chi connectivity index (χ4n) is 10.9. The summed E-state index contributed by atoms with van der Waals surface area (Å²) in [5.74, 6) is -2.48. The highest BCUT2D eigenvalue weighted by Gasteiger charge is 2.52. The van der Waals surface area contributed by atoms with Gasteiger partial charge in [0.1, 0.15) is 41.8 Å². The van der Waals surface area contributed by atoms with Gasteiger partial charge in [-0.05, 0) is 124 Å². The summed E-state index contributed by atoms with van der Waals surface area (Å²) >= 11 is 0. The molecule has 7 amide bonds. The lowest BCUT2D eigenvalue weighted by atomic mass is 9.90. The van der Waals surface area contributed by atoms with Crippen LogP contribution < -0.4 is 47.1 Å². The third kappa shape index (κ3) is 18.2. The van der Waals surface area contributed by atoms with Crippen LogP contribution in [-0.4, -0.2) is 137 Å². The molecule has 0 unspecified atom stereocenters. The minimum absolute atomic E-state index is 0.0465. The normalized spacial score (nSPS) is 15.8. The van der Waals surface area contributed by atoms with Crippen molar-refractivity contribution in [1.29, 1.82) is 0 Å². The van der Waals surface area contributed by atoms with E-state index < -0.39 is 60.7 Å². The second-order valence-electron chi connectivity index (χ2n) is 22.6. The molecular formula is C66H79BF2N10O9. The first kappa shape index (κ1) is 64.8. The fraction of sp³-hybridized carbons (Fsp3) is 0.364. The van der Waals surface area contributed by atoms with E-state index in [4.69, 9.17) is 15.2 Å². The van der Waals surface area contributed by atoms with E-state index in [9.17, 15) is 33.6 Å². The number of nitrogens with one attached hydrogen (secondary N) is 6. The third-order valence-corrected chi connectivity index (χ3v) is 15.8. The number of likely N-dealkylation sites (tertiary alicyclic amines) is 1. The average molecular weight is 1210 g/mol. The molecule has 5 aromatic rings. The van der Waals surface area contributed by atoms with Gasteiger partial charge in [0.25, 0.3) is 5.91 Å². The van der Waals surface area contributed by atoms with Gasteiger partial charge in [-0.15, -0.1) is 0 Å². The van der Waals surface area contributed by atoms with Gasteiger partial charge in [0.05, 0.1) is 0 Å². The summed E-state index contributed by atoms with van der Waals surface area (Å²) in [4.78, 5) is 93.2. The van der Waals surface area contributed by atoms with Gasteiger partial charge in [-0.25, -0.2) is 0 Å². The lowest BCUT2D eigenvalue weighted by Crippen LogP contribution is -2.56. The van der Waals surface area contributed by atoms with Crippen LogP contribution in [0.1, 0.15) is 98.0 Å². The number of aromatic nitrogens is 1. The average Bonchev–Trinajstić information content (AvgIpc) is 1.77. The van der Waals surface area contributed by atoms with Gasteiger partial charge >= 0.3 is 6.97 Å². The summed E-state index contributed by atoms with van der Waals surface area (Å²) in [6.45, 7) is 4.22. The zero-order valence-electron chi connectivity index (χ0n) is 50.3. The number of aryl methyl sites for hydroxylation is 2. The molecule has 1 aromatic heterocycles. The molecular weight excluding hydrogens is 1130 g/mol. The predicted molar refractivity (Wildman–Crippen MR) is 334 cm³/mol. The molecule has 8 N–H and O–H groups in total. The van der Waals surface area contributed by atoms with Crippen molar-refractivity contribution in [3.8, 4) is 11.5 Å². The highest BCUT2D eigenvalue weighted by atomic mass is 19.2. The van der Waals surface area contributed by atoms with Gasteiger partial charge in [0, 0.05) is 88.4 Å². The Hall–Kier alpha value is -9.18. The number of nitrogens with two attached hydrogens (primary N) is 1. The van der Waals surface area contributed by atoms with E-state index in [1.165, 1.54) is 19.4 Å². The number of halogens is 2. The number of para-hydroxylation sites is 1. The van der Waals surface area contributed by atoms with E-state index in [1.807, 2.05) is 73.7 Å². The summed E-state index contributed by atoms with van der Waals surface area (Å²) in [7, 11) is 0. The highest BCUT2D eigenvalue weighted by molar-refractivity contribution is 6.58. The Balaban J connectivity index is 0.684. The number of allylic oxidation sites excluding steroid dienone is 3. The van der Waals surface area contributed by atoms with Crippen LogP contribution in [0.25, 0.3) is 12.2 Å². The predicted octanol–water partition coefficient (Wildman–Crippen LogP) is 5.82. The Bertz CT molecular complexity index is 3420. The summed E-state index contributed by atoms with van der Waals surface area (Å²) in [6.07, 6.45) is 12.2. The number of rotatable bonds is 30. The molecule has 1 saturated heterocycles. The van der Waals surface area contributed by atoms with Crippen LogP contribution in [0.3, 0.4) is 0 Å². The smallest absolute Gasteiger partial charge is 0.490 e. The molecule has 0 saturated carbocycles. The molecule has 0 radical (unpaired) electrons. The van der Waals surface area contributed by atoms with Crippen molar-refractivity contribution in [2.24, 2.45) is 5.73 Å². The van der Waals surface area contributed by atoms with Crippen LogP contribution in [0.4, 0.5) is 8.63 Å². The Labute approximate surface area is 512 Å². The molecule has 88 heavy (non-hydrogen) atoms. The summed E-state index contributed by atoms with van der Waals surface area (Å²) in [5.41, 5.74) is 12.1. The van der Waals surface area contributed by atoms with Crippen molar-refractivity contribution in [2.45, 2.75) is 116 Å². The van der Waals surface area contributed by atoms with Crippen molar-refractivity contribution in [1.82, 2.24) is 41.3 Å². The molecule has 19 nitrogen and oxygen atoms in total. The number of hydrogen-bond donors (Lipinski definition) is 7. The second-order valence-corrected chi connectivity index (χ2v) is 22.6. The third-order valence-electron chi connectivity index (χ3n) is 15.8. The number of carbonyl (C=O) groups is 7. The lowest BCUT2D eigenvalue weighted by Gasteiger charge is -2.32. The van der Waals surface area contributed by atoms with E-state index in [-0.39, 0.29) is 63.3 Å². The van der Waals surface area contributed by atoms with Crippen LogP contribution >= 0.6 is 0 Å². The van der Waals surface area contributed by atoms with Crippen LogP contribution in [0, 0.1) is 13.8 Å². The standard InChI is InChI=1S/C66H79BF2N10O9/c1-44-39-45(2)78-58(44)42-53-27-26-52(79(53)67(78,68)69)25-22-48-23-28-54(29-24-48)87-43-62(82)71-34-14-13-20-56(63(70)83)75-60(80)30-35-72-64(84)46(3)73-65(85)47(4)74-66(86)57(41-50-17-9-6-10-18-50)76-61(81)33-38-77-36-31-55(32-37-77)88-59-21-12-11-19-51(59)40-49-15-7-5-8-16-49/h5-12,15-19,21-29,39,42,46-47,55-57H,13-14,20,30-38,40-41,43H2,1-4H3,(H2,70,83)(H,71,82)(H,72,84)(H,73,85)(H,74,86)(H,75,80)(H,76,81)/b25-22+/t46-,47-,56-,57-/m0/s1. The molecule has 4 heterocycles. The molecule has 0 bridgehead atoms. The van der Waals surface area contributed by atoms with Gasteiger partial charge in [0.2, 0.25) is 35.4 Å². The minimum Gasteiger partial charge on any atom is -0.490 e. The van der Waals surface area contributed by atoms with Gasteiger partial charge in [-0.1, -0.05) is 91.0 Å². The fourth-order valence-corrected chi connectivity index (χ4v) is 10.9. The van der Waals surface area contributed by atoms with Crippen LogP contribution in [0.2, 0.25) is 0 Å². The summed E-state index contributed by atoms with van der Waals surface area (Å²) in [5, 5.41) is 16.1. The Morgan fingerprint density at radius 3 is 2.07 bits per heavy atom. The molecule has 1 fully saturated rings. The number of hydrogen-bond acceptors (Lipinski definition) is 10. The van der Waals surface area contributed by atoms with E-state index in [0.717, 1.165) is 69.3 Å². The first-order valence-corrected chi connectivity index (χ1v) is 30.1. The van der Waals surface area contributed by atoms with Crippen LogP contribution in [0.5, 0.6) is 11.5 Å². The molecule has 3 aliphatic rings. The van der Waals surface area contributed by atoms with E-state index in [0.29, 0.717) is 47.9 Å². The maximum absolute atomic E-state index is 15.8. The lowest BCUT2D eigenvalue weighted by molar-refractivity contribution is -0.360. The van der Waals surface area contributed by atoms with Crippen molar-refractivity contribution in [3.05, 3.63) is 178 Å². The van der Waals surface area contributed by atoms with Crippen molar-refractivity contribution in [2.75, 3.05) is 39.3 Å². The molecule has 0 spiro atoms. The maximum Gasteiger partial charge on any atom is 0.737 e. The number of benzene rings is 4. The highest BCUT2D eigenvalue weighted by Crippen LogP contribution is 2.34. The largest absolute Gasteiger partial charge is 0.737 e. The number of primary amides is 1. The summed E-state index contributed by atoms with van der Waals surface area (Å²) in [6, 6.07) is 32.1. The first-order chi connectivity index (χ1) is 42.3. The number of unbranched alkanes of at least 4 members (excludes halogenated alkanes) is 1. The van der Waals surface area contributed by atoms with E-state index >= 15 is 8.63 Å². The number of fused-ring (bicyclic) bond motifs is 2. The zero-order valence-corrected chi connectivity index (χ0v) is 50.3. The number of piperidine rings is 1. The van der Waals surface area contributed by atoms with Crippen LogP contribution in [0.15, 0.2) is 139 Å².